The number of benzene rings is 1. The second-order valence-electron chi connectivity index (χ2n) is 6.70. The second kappa shape index (κ2) is 8.67. The van der Waals surface area contributed by atoms with E-state index in [1.54, 1.807) is 18.4 Å². The molecule has 0 saturated heterocycles. The van der Waals surface area contributed by atoms with Crippen molar-refractivity contribution in [1.29, 1.82) is 0 Å². The number of carbonyl (C=O) groups is 1. The maximum Gasteiger partial charge on any atom is 0.248 e. The summed E-state index contributed by atoms with van der Waals surface area (Å²) in [4.78, 5) is 14.6. The van der Waals surface area contributed by atoms with Gasteiger partial charge in [-0.2, -0.15) is 0 Å². The Hall–Kier alpha value is -2.33. The molecule has 1 aromatic heterocycles. The third-order valence-corrected chi connectivity index (χ3v) is 4.84. The third-order valence-electron chi connectivity index (χ3n) is 4.84. The highest BCUT2D eigenvalue weighted by atomic mass is 16.3. The molecule has 1 aliphatic rings. The number of hydrogen-bond donors (Lipinski definition) is 1. The molecule has 0 atom stereocenters. The first-order chi connectivity index (χ1) is 12.2. The molecule has 0 unspecified atom stereocenters. The molecule has 1 amide bonds. The summed E-state index contributed by atoms with van der Waals surface area (Å²) >= 11 is 0. The average Bonchev–Trinajstić information content (AvgIpc) is 3.16. The fourth-order valence-corrected chi connectivity index (χ4v) is 3.42. The van der Waals surface area contributed by atoms with Gasteiger partial charge in [-0.1, -0.05) is 37.5 Å². The highest BCUT2D eigenvalue weighted by Crippen LogP contribution is 2.24. The highest BCUT2D eigenvalue weighted by Gasteiger charge is 2.18. The minimum absolute atomic E-state index is 0.149. The van der Waals surface area contributed by atoms with Gasteiger partial charge in [-0.05, 0) is 49.7 Å². The van der Waals surface area contributed by atoms with Crippen molar-refractivity contribution in [2.75, 3.05) is 12.4 Å². The van der Waals surface area contributed by atoms with Crippen molar-refractivity contribution in [3.05, 3.63) is 60.1 Å². The van der Waals surface area contributed by atoms with Crippen molar-refractivity contribution < 1.29 is 9.21 Å². The lowest BCUT2D eigenvalue weighted by molar-refractivity contribution is -0.111. The van der Waals surface area contributed by atoms with E-state index < -0.39 is 0 Å². The molecule has 25 heavy (non-hydrogen) atoms. The van der Waals surface area contributed by atoms with E-state index in [-0.39, 0.29) is 5.91 Å². The van der Waals surface area contributed by atoms with Crippen LogP contribution in [0.15, 0.2) is 53.2 Å². The maximum absolute atomic E-state index is 12.2. The topological polar surface area (TPSA) is 45.5 Å². The van der Waals surface area contributed by atoms with E-state index in [0.717, 1.165) is 17.8 Å². The molecular weight excluding hydrogens is 312 g/mol. The minimum atomic E-state index is -0.149. The van der Waals surface area contributed by atoms with E-state index in [1.807, 2.05) is 24.3 Å². The van der Waals surface area contributed by atoms with Crippen molar-refractivity contribution in [2.24, 2.45) is 0 Å². The second-order valence-corrected chi connectivity index (χ2v) is 6.70. The lowest BCUT2D eigenvalue weighted by atomic mass is 9.94. The number of furan rings is 1. The lowest BCUT2D eigenvalue weighted by Crippen LogP contribution is -2.33. The molecule has 0 spiro atoms. The zero-order chi connectivity index (χ0) is 17.5. The zero-order valence-corrected chi connectivity index (χ0v) is 14.8. The summed E-state index contributed by atoms with van der Waals surface area (Å²) in [6, 6.07) is 12.3. The van der Waals surface area contributed by atoms with Crippen LogP contribution in [0.25, 0.3) is 6.08 Å². The van der Waals surface area contributed by atoms with Gasteiger partial charge in [-0.3, -0.25) is 9.69 Å². The Kier molecular flexibility index (Phi) is 6.07. The summed E-state index contributed by atoms with van der Waals surface area (Å²) in [7, 11) is 2.19. The smallest absolute Gasteiger partial charge is 0.248 e. The predicted molar refractivity (Wildman–Crippen MR) is 101 cm³/mol. The molecule has 2 aromatic rings. The molecule has 3 rings (SSSR count). The Morgan fingerprint density at radius 1 is 1.20 bits per heavy atom. The first-order valence-corrected chi connectivity index (χ1v) is 9.03. The predicted octanol–water partition coefficient (Wildman–Crippen LogP) is 4.70. The van der Waals surface area contributed by atoms with Crippen LogP contribution in [-0.2, 0) is 11.3 Å². The van der Waals surface area contributed by atoms with Crippen LogP contribution in [0.1, 0.15) is 43.4 Å². The SMILES string of the molecule is CN(Cc1ccccc1NC(=O)/C=C/c1ccco1)C1CCCCC1. The molecule has 4 heteroatoms. The van der Waals surface area contributed by atoms with Gasteiger partial charge in [-0.25, -0.2) is 0 Å². The van der Waals surface area contributed by atoms with Crippen LogP contribution < -0.4 is 5.32 Å². The van der Waals surface area contributed by atoms with Crippen LogP contribution in [0.4, 0.5) is 5.69 Å². The van der Waals surface area contributed by atoms with Gasteiger partial charge < -0.3 is 9.73 Å². The molecule has 132 valence electrons. The lowest BCUT2D eigenvalue weighted by Gasteiger charge is -2.31. The number of rotatable bonds is 6. The highest BCUT2D eigenvalue weighted by molar-refractivity contribution is 6.02. The van der Waals surface area contributed by atoms with Crippen LogP contribution in [-0.4, -0.2) is 23.9 Å². The summed E-state index contributed by atoms with van der Waals surface area (Å²) in [5, 5.41) is 2.99. The summed E-state index contributed by atoms with van der Waals surface area (Å²) in [5.41, 5.74) is 2.02. The van der Waals surface area contributed by atoms with Gasteiger partial charge in [0.15, 0.2) is 0 Å². The summed E-state index contributed by atoms with van der Waals surface area (Å²) in [6.07, 6.45) is 11.3. The number of amides is 1. The molecule has 1 aromatic carbocycles. The van der Waals surface area contributed by atoms with E-state index in [9.17, 15) is 4.79 Å². The molecule has 0 aliphatic heterocycles. The van der Waals surface area contributed by atoms with Gasteiger partial charge in [0.25, 0.3) is 0 Å². The first-order valence-electron chi connectivity index (χ1n) is 9.03. The largest absolute Gasteiger partial charge is 0.465 e. The molecular formula is C21H26N2O2. The monoisotopic (exact) mass is 338 g/mol. The molecule has 1 heterocycles. The van der Waals surface area contributed by atoms with Crippen molar-refractivity contribution in [3.63, 3.8) is 0 Å². The van der Waals surface area contributed by atoms with Gasteiger partial charge in [0, 0.05) is 24.4 Å². The van der Waals surface area contributed by atoms with Crippen molar-refractivity contribution in [2.45, 2.75) is 44.7 Å². The van der Waals surface area contributed by atoms with E-state index in [1.165, 1.54) is 38.2 Å². The van der Waals surface area contributed by atoms with E-state index >= 15 is 0 Å². The quantitative estimate of drug-likeness (QED) is 0.777. The normalized spacial score (nSPS) is 15.8. The number of nitrogens with one attached hydrogen (secondary N) is 1. The van der Waals surface area contributed by atoms with E-state index in [0.29, 0.717) is 11.8 Å². The number of nitrogens with zero attached hydrogens (tertiary/aromatic N) is 1. The maximum atomic E-state index is 12.2. The number of para-hydroxylation sites is 1. The summed E-state index contributed by atoms with van der Waals surface area (Å²) in [6.45, 7) is 0.850. The Labute approximate surface area is 149 Å². The molecule has 1 fully saturated rings. The van der Waals surface area contributed by atoms with Gasteiger partial charge in [-0.15, -0.1) is 0 Å². The van der Waals surface area contributed by atoms with Gasteiger partial charge in [0.2, 0.25) is 5.91 Å². The fraction of sp³-hybridized carbons (Fsp3) is 0.381. The van der Waals surface area contributed by atoms with Crippen molar-refractivity contribution >= 4 is 17.7 Å². The Morgan fingerprint density at radius 2 is 2.00 bits per heavy atom. The Balaban J connectivity index is 1.62. The number of anilines is 1. The van der Waals surface area contributed by atoms with Crippen LogP contribution >= 0.6 is 0 Å². The average molecular weight is 338 g/mol. The molecule has 0 radical (unpaired) electrons. The molecule has 0 bridgehead atoms. The van der Waals surface area contributed by atoms with Gasteiger partial charge in [0.1, 0.15) is 5.76 Å². The third kappa shape index (κ3) is 5.07. The standard InChI is InChI=1S/C21H26N2O2/c1-23(18-9-3-2-4-10-18)16-17-8-5-6-12-20(17)22-21(24)14-13-19-11-7-15-25-19/h5-8,11-15,18H,2-4,9-10,16H2,1H3,(H,22,24)/b14-13+. The summed E-state index contributed by atoms with van der Waals surface area (Å²) < 4.78 is 5.20. The molecule has 1 saturated carbocycles. The number of carbonyl (C=O) groups excluding carboxylic acids is 1. The minimum Gasteiger partial charge on any atom is -0.465 e. The summed E-state index contributed by atoms with van der Waals surface area (Å²) in [5.74, 6) is 0.518. The van der Waals surface area contributed by atoms with Gasteiger partial charge >= 0.3 is 0 Å². The van der Waals surface area contributed by atoms with E-state index in [4.69, 9.17) is 4.42 Å². The Bertz CT molecular complexity index is 700. The number of hydrogen-bond acceptors (Lipinski definition) is 3. The van der Waals surface area contributed by atoms with Crippen molar-refractivity contribution in [3.8, 4) is 0 Å². The first kappa shape index (κ1) is 17.5. The van der Waals surface area contributed by atoms with Crippen LogP contribution in [0.2, 0.25) is 0 Å². The molecule has 1 aliphatic carbocycles. The fourth-order valence-electron chi connectivity index (χ4n) is 3.42. The molecule has 4 nitrogen and oxygen atoms in total. The van der Waals surface area contributed by atoms with Crippen LogP contribution in [0, 0.1) is 0 Å². The van der Waals surface area contributed by atoms with Crippen molar-refractivity contribution in [1.82, 2.24) is 4.90 Å². The molecule has 1 N–H and O–H groups in total. The zero-order valence-electron chi connectivity index (χ0n) is 14.8. The van der Waals surface area contributed by atoms with E-state index in [2.05, 4.69) is 23.3 Å². The van der Waals surface area contributed by atoms with Crippen LogP contribution in [0.3, 0.4) is 0 Å². The van der Waals surface area contributed by atoms with Crippen LogP contribution in [0.5, 0.6) is 0 Å². The van der Waals surface area contributed by atoms with Gasteiger partial charge in [0.05, 0.1) is 6.26 Å². The Morgan fingerprint density at radius 3 is 2.76 bits per heavy atom.